The summed E-state index contributed by atoms with van der Waals surface area (Å²) in [5, 5.41) is 15.3. The lowest BCUT2D eigenvalue weighted by atomic mass is 10.1. The van der Waals surface area contributed by atoms with Gasteiger partial charge in [0.15, 0.2) is 4.34 Å². The number of amides is 2. The average molecular weight is 476 g/mol. The lowest BCUT2D eigenvalue weighted by Crippen LogP contribution is -2.36. The number of hydrogen-bond donors (Lipinski definition) is 2. The van der Waals surface area contributed by atoms with E-state index in [9.17, 15) is 9.59 Å². The smallest absolute Gasteiger partial charge is 0.244 e. The Bertz CT molecular complexity index is 1090. The van der Waals surface area contributed by atoms with Crippen LogP contribution in [-0.4, -0.2) is 46.3 Å². The molecular formula is C21H22ClN5O2S2. The number of carbonyl (C=O) groups is 2. The first-order valence-electron chi connectivity index (χ1n) is 9.41. The number of anilines is 3. The normalized spacial score (nSPS) is 10.6. The highest BCUT2D eigenvalue weighted by Crippen LogP contribution is 2.29. The van der Waals surface area contributed by atoms with Gasteiger partial charge in [0.1, 0.15) is 0 Å². The fourth-order valence-electron chi connectivity index (χ4n) is 2.68. The minimum absolute atomic E-state index is 0.0692. The van der Waals surface area contributed by atoms with Crippen molar-refractivity contribution < 1.29 is 9.59 Å². The number of para-hydroxylation sites is 1. The van der Waals surface area contributed by atoms with E-state index in [2.05, 4.69) is 26.9 Å². The first kappa shape index (κ1) is 23.1. The van der Waals surface area contributed by atoms with E-state index in [0.717, 1.165) is 11.3 Å². The van der Waals surface area contributed by atoms with Gasteiger partial charge >= 0.3 is 0 Å². The standard InChI is InChI=1S/C21H22ClN5O2S2/c1-13-8-9-16(14(2)10-13)24-20-25-26-21(31-20)30-12-19(29)27(3)11-18(28)23-17-7-5-4-6-15(17)22/h4-10H,11-12H2,1-3H3,(H,23,28)(H,24,25). The molecule has 0 aliphatic carbocycles. The van der Waals surface area contributed by atoms with Crippen LogP contribution in [0.15, 0.2) is 46.8 Å². The molecule has 10 heteroatoms. The Hall–Kier alpha value is -2.62. The zero-order valence-electron chi connectivity index (χ0n) is 17.3. The van der Waals surface area contributed by atoms with Crippen LogP contribution in [0.5, 0.6) is 0 Å². The van der Waals surface area contributed by atoms with Gasteiger partial charge in [-0.25, -0.2) is 0 Å². The van der Waals surface area contributed by atoms with Crippen molar-refractivity contribution in [3.05, 3.63) is 58.6 Å². The van der Waals surface area contributed by atoms with Crippen molar-refractivity contribution in [2.24, 2.45) is 0 Å². The highest BCUT2D eigenvalue weighted by Gasteiger charge is 2.16. The van der Waals surface area contributed by atoms with Crippen LogP contribution in [0, 0.1) is 13.8 Å². The zero-order chi connectivity index (χ0) is 22.4. The van der Waals surface area contributed by atoms with Gasteiger partial charge in [0.05, 0.1) is 23.0 Å². The molecule has 31 heavy (non-hydrogen) atoms. The number of halogens is 1. The van der Waals surface area contributed by atoms with Crippen LogP contribution in [0.25, 0.3) is 0 Å². The third-order valence-corrected chi connectivity index (χ3v) is 6.59. The summed E-state index contributed by atoms with van der Waals surface area (Å²) in [7, 11) is 1.59. The molecule has 162 valence electrons. The molecule has 0 aliphatic heterocycles. The minimum atomic E-state index is -0.315. The van der Waals surface area contributed by atoms with Crippen LogP contribution < -0.4 is 10.6 Å². The molecule has 3 rings (SSSR count). The van der Waals surface area contributed by atoms with Gasteiger partial charge in [-0.05, 0) is 37.6 Å². The predicted octanol–water partition coefficient (Wildman–Crippen LogP) is 4.74. The molecule has 0 spiro atoms. The summed E-state index contributed by atoms with van der Waals surface area (Å²) in [4.78, 5) is 25.9. The number of nitrogens with zero attached hydrogens (tertiary/aromatic N) is 3. The molecule has 0 fully saturated rings. The number of thioether (sulfide) groups is 1. The fourth-order valence-corrected chi connectivity index (χ4v) is 4.57. The molecule has 1 heterocycles. The maximum absolute atomic E-state index is 12.4. The van der Waals surface area contributed by atoms with Gasteiger partial charge in [-0.3, -0.25) is 9.59 Å². The number of aryl methyl sites for hydroxylation is 2. The largest absolute Gasteiger partial charge is 0.336 e. The number of carbonyl (C=O) groups excluding carboxylic acids is 2. The van der Waals surface area contributed by atoms with E-state index in [4.69, 9.17) is 11.6 Å². The Labute approximate surface area is 194 Å². The summed E-state index contributed by atoms with van der Waals surface area (Å²) in [6.07, 6.45) is 0. The molecule has 0 bridgehead atoms. The van der Waals surface area contributed by atoms with Crippen LogP contribution in [0.1, 0.15) is 11.1 Å². The summed E-state index contributed by atoms with van der Waals surface area (Å²) in [6, 6.07) is 13.1. The predicted molar refractivity (Wildman–Crippen MR) is 128 cm³/mol. The molecule has 0 aliphatic rings. The van der Waals surface area contributed by atoms with Crippen molar-refractivity contribution in [1.82, 2.24) is 15.1 Å². The van der Waals surface area contributed by atoms with E-state index in [-0.39, 0.29) is 24.1 Å². The molecule has 0 radical (unpaired) electrons. The van der Waals surface area contributed by atoms with Crippen LogP contribution in [0.3, 0.4) is 0 Å². The van der Waals surface area contributed by atoms with Gasteiger partial charge in [0, 0.05) is 12.7 Å². The molecule has 1 aromatic heterocycles. The highest BCUT2D eigenvalue weighted by atomic mass is 35.5. The molecule has 0 saturated carbocycles. The summed E-state index contributed by atoms with van der Waals surface area (Å²) >= 11 is 8.70. The molecular weight excluding hydrogens is 454 g/mol. The Morgan fingerprint density at radius 1 is 1.13 bits per heavy atom. The van der Waals surface area contributed by atoms with Gasteiger partial charge in [-0.2, -0.15) is 0 Å². The van der Waals surface area contributed by atoms with Crippen molar-refractivity contribution in [3.8, 4) is 0 Å². The minimum Gasteiger partial charge on any atom is -0.336 e. The molecule has 0 saturated heterocycles. The quantitative estimate of drug-likeness (QED) is 0.457. The van der Waals surface area contributed by atoms with Crippen LogP contribution in [-0.2, 0) is 9.59 Å². The summed E-state index contributed by atoms with van der Waals surface area (Å²) in [5.41, 5.74) is 3.80. The van der Waals surface area contributed by atoms with Crippen molar-refractivity contribution in [2.45, 2.75) is 18.2 Å². The Balaban J connectivity index is 1.48. The van der Waals surface area contributed by atoms with E-state index >= 15 is 0 Å². The number of nitrogens with one attached hydrogen (secondary N) is 2. The zero-order valence-corrected chi connectivity index (χ0v) is 19.7. The van der Waals surface area contributed by atoms with E-state index in [1.54, 1.807) is 31.3 Å². The summed E-state index contributed by atoms with van der Waals surface area (Å²) < 4.78 is 0.675. The fraction of sp³-hybridized carbons (Fsp3) is 0.238. The van der Waals surface area contributed by atoms with Gasteiger partial charge in [0.2, 0.25) is 16.9 Å². The van der Waals surface area contributed by atoms with Crippen molar-refractivity contribution >= 4 is 63.0 Å². The molecule has 7 nitrogen and oxygen atoms in total. The first-order chi connectivity index (χ1) is 14.8. The summed E-state index contributed by atoms with van der Waals surface area (Å²) in [5.74, 6) is -0.336. The van der Waals surface area contributed by atoms with Gasteiger partial charge in [-0.1, -0.05) is 64.5 Å². The second-order valence-corrected chi connectivity index (χ2v) is 9.49. The monoisotopic (exact) mass is 475 g/mol. The van der Waals surface area contributed by atoms with E-state index in [1.807, 2.05) is 26.0 Å². The van der Waals surface area contributed by atoms with Gasteiger partial charge in [-0.15, -0.1) is 10.2 Å². The van der Waals surface area contributed by atoms with Crippen LogP contribution in [0.4, 0.5) is 16.5 Å². The number of likely N-dealkylation sites (N-methyl/N-ethyl adjacent to an activating group) is 1. The van der Waals surface area contributed by atoms with Crippen molar-refractivity contribution in [2.75, 3.05) is 30.0 Å². The van der Waals surface area contributed by atoms with E-state index in [0.29, 0.717) is 20.2 Å². The number of hydrogen-bond acceptors (Lipinski definition) is 7. The topological polar surface area (TPSA) is 87.2 Å². The van der Waals surface area contributed by atoms with E-state index < -0.39 is 0 Å². The van der Waals surface area contributed by atoms with Gasteiger partial charge in [0.25, 0.3) is 0 Å². The number of benzene rings is 2. The maximum Gasteiger partial charge on any atom is 0.244 e. The molecule has 3 aromatic rings. The highest BCUT2D eigenvalue weighted by molar-refractivity contribution is 8.01. The first-order valence-corrected chi connectivity index (χ1v) is 11.6. The molecule has 0 unspecified atom stereocenters. The lowest BCUT2D eigenvalue weighted by Gasteiger charge is -2.16. The van der Waals surface area contributed by atoms with Gasteiger partial charge < -0.3 is 15.5 Å². The summed E-state index contributed by atoms with van der Waals surface area (Å²) in [6.45, 7) is 4.01. The van der Waals surface area contributed by atoms with Crippen LogP contribution in [0.2, 0.25) is 5.02 Å². The molecule has 2 amide bonds. The molecule has 2 aromatic carbocycles. The number of rotatable bonds is 8. The number of aromatic nitrogens is 2. The Morgan fingerprint density at radius 3 is 2.65 bits per heavy atom. The Kier molecular flexibility index (Phi) is 7.89. The molecule has 2 N–H and O–H groups in total. The third-order valence-electron chi connectivity index (χ3n) is 4.30. The SMILES string of the molecule is Cc1ccc(Nc2nnc(SCC(=O)N(C)CC(=O)Nc3ccccc3Cl)s2)c(C)c1. The van der Waals surface area contributed by atoms with Crippen LogP contribution >= 0.6 is 34.7 Å². The third kappa shape index (κ3) is 6.68. The second-order valence-electron chi connectivity index (χ2n) is 6.88. The lowest BCUT2D eigenvalue weighted by molar-refractivity contribution is -0.131. The van der Waals surface area contributed by atoms with E-state index in [1.165, 1.54) is 33.6 Å². The maximum atomic E-state index is 12.4. The Morgan fingerprint density at radius 2 is 1.90 bits per heavy atom. The molecule has 0 atom stereocenters. The van der Waals surface area contributed by atoms with Crippen molar-refractivity contribution in [3.63, 3.8) is 0 Å². The second kappa shape index (κ2) is 10.6. The average Bonchev–Trinajstić information content (AvgIpc) is 3.17. The van der Waals surface area contributed by atoms with Crippen molar-refractivity contribution in [1.29, 1.82) is 0 Å².